The molecule has 0 atom stereocenters. The molecule has 2 aromatic carbocycles. The number of nitrogens with zero attached hydrogens (tertiary/aromatic N) is 1. The first-order chi connectivity index (χ1) is 14.4. The second-order valence-corrected chi connectivity index (χ2v) is 8.98. The largest absolute Gasteiger partial charge is 0.493 e. The van der Waals surface area contributed by atoms with E-state index < -0.39 is 0 Å². The van der Waals surface area contributed by atoms with Gasteiger partial charge in [0.25, 0.3) is 5.91 Å². The van der Waals surface area contributed by atoms with Crippen LogP contribution in [-0.2, 0) is 6.61 Å². The van der Waals surface area contributed by atoms with Gasteiger partial charge in [0.1, 0.15) is 6.61 Å². The van der Waals surface area contributed by atoms with Gasteiger partial charge in [0, 0.05) is 17.6 Å². The summed E-state index contributed by atoms with van der Waals surface area (Å²) >= 11 is 3.55. The molecule has 0 saturated heterocycles. The first-order valence-corrected chi connectivity index (χ1v) is 11.2. The van der Waals surface area contributed by atoms with Crippen LogP contribution in [0.4, 0.5) is 0 Å². The van der Waals surface area contributed by atoms with Crippen molar-refractivity contribution in [3.63, 3.8) is 0 Å². The molecule has 3 rings (SSSR count). The van der Waals surface area contributed by atoms with Gasteiger partial charge in [0.05, 0.1) is 11.6 Å². The van der Waals surface area contributed by atoms with Gasteiger partial charge in [-0.05, 0) is 60.6 Å². The molecule has 0 aliphatic heterocycles. The summed E-state index contributed by atoms with van der Waals surface area (Å²) < 4.78 is 12.2. The fraction of sp³-hybridized carbons (Fsp3) is 0.458. The summed E-state index contributed by atoms with van der Waals surface area (Å²) in [5.41, 5.74) is 1.65. The molecule has 1 N–H and O–H groups in total. The molecule has 0 heterocycles. The Hall–Kier alpha value is -2.05. The Bertz CT molecular complexity index is 849. The van der Waals surface area contributed by atoms with E-state index in [-0.39, 0.29) is 11.4 Å². The number of amides is 1. The monoisotopic (exact) mass is 474 g/mol. The van der Waals surface area contributed by atoms with Crippen LogP contribution < -0.4 is 14.8 Å². The quantitative estimate of drug-likeness (QED) is 0.582. The standard InChI is InChI=1S/C24H31BrN2O3/c1-27(2)24(12-8-5-9-13-24)17-26-23(28)19-14-20(25)22(21(15-19)29-3)30-16-18-10-6-4-7-11-18/h4,6-7,10-11,14-15H,5,8-9,12-13,16-17H2,1-3H3,(H,26,28). The predicted octanol–water partition coefficient (Wildman–Crippen LogP) is 5.03. The number of hydrogen-bond acceptors (Lipinski definition) is 4. The van der Waals surface area contributed by atoms with Gasteiger partial charge in [-0.25, -0.2) is 0 Å². The van der Waals surface area contributed by atoms with Gasteiger partial charge < -0.3 is 19.7 Å². The second-order valence-electron chi connectivity index (χ2n) is 8.13. The molecule has 0 bridgehead atoms. The fourth-order valence-electron chi connectivity index (χ4n) is 4.06. The molecule has 1 amide bonds. The highest BCUT2D eigenvalue weighted by Gasteiger charge is 2.34. The van der Waals surface area contributed by atoms with Crippen molar-refractivity contribution in [1.82, 2.24) is 10.2 Å². The van der Waals surface area contributed by atoms with Crippen molar-refractivity contribution in [1.29, 1.82) is 0 Å². The van der Waals surface area contributed by atoms with E-state index in [2.05, 4.69) is 40.2 Å². The van der Waals surface area contributed by atoms with E-state index in [1.54, 1.807) is 19.2 Å². The minimum Gasteiger partial charge on any atom is -0.493 e. The molecular weight excluding hydrogens is 444 g/mol. The SMILES string of the molecule is COc1cc(C(=O)NCC2(N(C)C)CCCCC2)cc(Br)c1OCc1ccccc1. The van der Waals surface area contributed by atoms with E-state index in [4.69, 9.17) is 9.47 Å². The normalized spacial score (nSPS) is 15.6. The van der Waals surface area contributed by atoms with Crippen molar-refractivity contribution in [2.24, 2.45) is 0 Å². The zero-order valence-electron chi connectivity index (χ0n) is 18.0. The molecule has 0 unspecified atom stereocenters. The third-order valence-electron chi connectivity index (χ3n) is 6.03. The molecule has 0 aromatic heterocycles. The summed E-state index contributed by atoms with van der Waals surface area (Å²) in [5.74, 6) is 1.02. The number of carbonyl (C=O) groups is 1. The lowest BCUT2D eigenvalue weighted by Gasteiger charge is -2.43. The summed E-state index contributed by atoms with van der Waals surface area (Å²) in [6.07, 6.45) is 5.92. The molecule has 1 fully saturated rings. The maximum atomic E-state index is 12.9. The summed E-state index contributed by atoms with van der Waals surface area (Å²) in [4.78, 5) is 15.2. The summed E-state index contributed by atoms with van der Waals surface area (Å²) in [6.45, 7) is 1.07. The lowest BCUT2D eigenvalue weighted by atomic mass is 9.80. The molecule has 1 saturated carbocycles. The van der Waals surface area contributed by atoms with Crippen molar-refractivity contribution in [3.8, 4) is 11.5 Å². The second kappa shape index (κ2) is 10.3. The number of nitrogens with one attached hydrogen (secondary N) is 1. The Morgan fingerprint density at radius 3 is 2.47 bits per heavy atom. The first kappa shape index (κ1) is 22.6. The van der Waals surface area contributed by atoms with Crippen LogP contribution in [0.1, 0.15) is 48.0 Å². The van der Waals surface area contributed by atoms with E-state index in [1.807, 2.05) is 30.3 Å². The number of carbonyl (C=O) groups excluding carboxylic acids is 1. The average Bonchev–Trinajstić information content (AvgIpc) is 2.77. The van der Waals surface area contributed by atoms with Crippen LogP contribution in [0, 0.1) is 0 Å². The van der Waals surface area contributed by atoms with Crippen molar-refractivity contribution in [2.45, 2.75) is 44.2 Å². The first-order valence-electron chi connectivity index (χ1n) is 10.4. The van der Waals surface area contributed by atoms with Crippen molar-refractivity contribution in [2.75, 3.05) is 27.7 Å². The predicted molar refractivity (Wildman–Crippen MR) is 123 cm³/mol. The Morgan fingerprint density at radius 1 is 1.13 bits per heavy atom. The summed E-state index contributed by atoms with van der Waals surface area (Å²) in [7, 11) is 5.80. The molecule has 1 aliphatic carbocycles. The lowest BCUT2D eigenvalue weighted by molar-refractivity contribution is 0.0799. The molecule has 0 spiro atoms. The number of ether oxygens (including phenoxy) is 2. The highest BCUT2D eigenvalue weighted by molar-refractivity contribution is 9.10. The van der Waals surface area contributed by atoms with Crippen LogP contribution in [0.5, 0.6) is 11.5 Å². The number of methoxy groups -OCH3 is 1. The third kappa shape index (κ3) is 5.35. The molecule has 2 aromatic rings. The van der Waals surface area contributed by atoms with Crippen molar-refractivity contribution < 1.29 is 14.3 Å². The van der Waals surface area contributed by atoms with Crippen molar-refractivity contribution in [3.05, 3.63) is 58.1 Å². The van der Waals surface area contributed by atoms with Gasteiger partial charge in [0.15, 0.2) is 11.5 Å². The van der Waals surface area contributed by atoms with Crippen LogP contribution in [0.3, 0.4) is 0 Å². The minimum atomic E-state index is -0.101. The molecule has 6 heteroatoms. The molecule has 1 aliphatic rings. The minimum absolute atomic E-state index is 0.0357. The van der Waals surface area contributed by atoms with Gasteiger partial charge >= 0.3 is 0 Å². The fourth-order valence-corrected chi connectivity index (χ4v) is 4.62. The van der Waals surface area contributed by atoms with Crippen LogP contribution in [0.25, 0.3) is 0 Å². The van der Waals surface area contributed by atoms with Crippen LogP contribution >= 0.6 is 15.9 Å². The third-order valence-corrected chi connectivity index (χ3v) is 6.62. The van der Waals surface area contributed by atoms with Gasteiger partial charge in [0.2, 0.25) is 0 Å². The van der Waals surface area contributed by atoms with Crippen LogP contribution in [0.15, 0.2) is 46.9 Å². The van der Waals surface area contributed by atoms with Gasteiger partial charge in [-0.1, -0.05) is 49.6 Å². The number of benzene rings is 2. The Kier molecular flexibility index (Phi) is 7.78. The van der Waals surface area contributed by atoms with E-state index in [0.29, 0.717) is 34.7 Å². The Morgan fingerprint density at radius 2 is 1.83 bits per heavy atom. The average molecular weight is 475 g/mol. The van der Waals surface area contributed by atoms with Crippen molar-refractivity contribution >= 4 is 21.8 Å². The lowest BCUT2D eigenvalue weighted by Crippen LogP contribution is -2.53. The Labute approximate surface area is 187 Å². The maximum Gasteiger partial charge on any atom is 0.251 e. The van der Waals surface area contributed by atoms with E-state index >= 15 is 0 Å². The molecule has 30 heavy (non-hydrogen) atoms. The zero-order valence-corrected chi connectivity index (χ0v) is 19.6. The van der Waals surface area contributed by atoms with Gasteiger partial charge in [-0.3, -0.25) is 4.79 Å². The topological polar surface area (TPSA) is 50.8 Å². The van der Waals surface area contributed by atoms with Gasteiger partial charge in [-0.2, -0.15) is 0 Å². The maximum absolute atomic E-state index is 12.9. The number of rotatable bonds is 8. The highest BCUT2D eigenvalue weighted by atomic mass is 79.9. The van der Waals surface area contributed by atoms with Crippen LogP contribution in [0.2, 0.25) is 0 Å². The molecule has 162 valence electrons. The highest BCUT2D eigenvalue weighted by Crippen LogP contribution is 2.37. The smallest absolute Gasteiger partial charge is 0.251 e. The molecule has 0 radical (unpaired) electrons. The summed E-state index contributed by atoms with van der Waals surface area (Å²) in [5, 5.41) is 3.15. The Balaban J connectivity index is 1.71. The number of hydrogen-bond donors (Lipinski definition) is 1. The summed E-state index contributed by atoms with van der Waals surface area (Å²) in [6, 6.07) is 13.5. The van der Waals surface area contributed by atoms with Gasteiger partial charge in [-0.15, -0.1) is 0 Å². The number of halogens is 1. The molecule has 5 nitrogen and oxygen atoms in total. The van der Waals surface area contributed by atoms with Crippen LogP contribution in [-0.4, -0.2) is 44.1 Å². The number of likely N-dealkylation sites (N-methyl/N-ethyl adjacent to an activating group) is 1. The zero-order chi connectivity index (χ0) is 21.6. The molecular formula is C24H31BrN2O3. The van der Waals surface area contributed by atoms with E-state index in [1.165, 1.54) is 19.3 Å². The van der Waals surface area contributed by atoms with E-state index in [0.717, 1.165) is 18.4 Å². The van der Waals surface area contributed by atoms with E-state index in [9.17, 15) is 4.79 Å².